The molecule has 6 heteroatoms. The minimum atomic E-state index is -0.425. The van der Waals surface area contributed by atoms with Gasteiger partial charge in [0, 0.05) is 11.3 Å². The lowest BCUT2D eigenvalue weighted by Gasteiger charge is -2.10. The number of thiocarbonyl (C=S) groups is 1. The Morgan fingerprint density at radius 2 is 2.11 bits per heavy atom. The first kappa shape index (κ1) is 13.2. The molecular weight excluding hydrogens is 317 g/mol. The molecule has 2 aromatic rings. The number of benzene rings is 1. The summed E-state index contributed by atoms with van der Waals surface area (Å²) in [5.74, 6) is -0.425. The average molecular weight is 328 g/mol. The fraction of sp³-hybridized carbons (Fsp3) is 0.167. The maximum Gasteiger partial charge on any atom is 0.163 e. The average Bonchev–Trinajstić information content (AvgIpc) is 2.61. The molecule has 94 valence electrons. The molecule has 0 radical (unpaired) electrons. The molecule has 0 spiro atoms. The first-order valence-corrected chi connectivity index (χ1v) is 6.43. The zero-order valence-corrected chi connectivity index (χ0v) is 12.3. The summed E-state index contributed by atoms with van der Waals surface area (Å²) in [4.78, 5) is 0.153. The molecule has 2 N–H and O–H groups in total. The monoisotopic (exact) mass is 327 g/mol. The summed E-state index contributed by atoms with van der Waals surface area (Å²) in [6.07, 6.45) is 0. The summed E-state index contributed by atoms with van der Waals surface area (Å²) in [6.45, 7) is 3.73. The summed E-state index contributed by atoms with van der Waals surface area (Å²) in [6, 6.07) is 5.18. The third-order valence-electron chi connectivity index (χ3n) is 2.57. The molecule has 1 heterocycles. The van der Waals surface area contributed by atoms with Crippen molar-refractivity contribution in [1.29, 1.82) is 0 Å². The van der Waals surface area contributed by atoms with Crippen molar-refractivity contribution in [3.63, 3.8) is 0 Å². The zero-order chi connectivity index (χ0) is 13.4. The Morgan fingerprint density at radius 3 is 2.61 bits per heavy atom. The molecule has 0 fully saturated rings. The molecule has 0 amide bonds. The Labute approximate surface area is 118 Å². The van der Waals surface area contributed by atoms with Crippen LogP contribution < -0.4 is 5.73 Å². The van der Waals surface area contributed by atoms with Crippen molar-refractivity contribution in [3.8, 4) is 5.69 Å². The lowest BCUT2D eigenvalue weighted by molar-refractivity contribution is 0.601. The van der Waals surface area contributed by atoms with Gasteiger partial charge in [-0.3, -0.25) is 0 Å². The van der Waals surface area contributed by atoms with Crippen molar-refractivity contribution in [2.75, 3.05) is 0 Å². The third-order valence-corrected chi connectivity index (χ3v) is 3.56. The Balaban J connectivity index is 2.64. The highest BCUT2D eigenvalue weighted by Gasteiger charge is 2.15. The highest BCUT2D eigenvalue weighted by atomic mass is 79.9. The van der Waals surface area contributed by atoms with Gasteiger partial charge in [0.05, 0.1) is 10.2 Å². The first-order valence-electron chi connectivity index (χ1n) is 5.23. The summed E-state index contributed by atoms with van der Waals surface area (Å²) in [5, 5.41) is 4.25. The molecule has 2 rings (SSSR count). The van der Waals surface area contributed by atoms with E-state index in [0.29, 0.717) is 11.3 Å². The van der Waals surface area contributed by atoms with E-state index in [1.807, 2.05) is 19.9 Å². The van der Waals surface area contributed by atoms with E-state index in [1.54, 1.807) is 16.8 Å². The summed E-state index contributed by atoms with van der Waals surface area (Å²) in [7, 11) is 0. The van der Waals surface area contributed by atoms with Gasteiger partial charge < -0.3 is 5.73 Å². The summed E-state index contributed by atoms with van der Waals surface area (Å²) < 4.78 is 16.1. The van der Waals surface area contributed by atoms with Crippen LogP contribution in [0.2, 0.25) is 0 Å². The molecular formula is C12H11BrFN3S. The van der Waals surface area contributed by atoms with E-state index >= 15 is 0 Å². The number of hydrogen-bond donors (Lipinski definition) is 1. The minimum absolute atomic E-state index is 0.153. The van der Waals surface area contributed by atoms with Crippen molar-refractivity contribution in [1.82, 2.24) is 9.78 Å². The molecule has 1 aromatic carbocycles. The van der Waals surface area contributed by atoms with Crippen molar-refractivity contribution < 1.29 is 4.39 Å². The SMILES string of the molecule is Cc1cc(C)n(-c2ccc(C(N)=S)c(Br)c2F)n1. The summed E-state index contributed by atoms with van der Waals surface area (Å²) >= 11 is 8.03. The van der Waals surface area contributed by atoms with Gasteiger partial charge in [-0.05, 0) is 48.0 Å². The number of aryl methyl sites for hydroxylation is 2. The van der Waals surface area contributed by atoms with Crippen LogP contribution in [0.4, 0.5) is 4.39 Å². The van der Waals surface area contributed by atoms with Gasteiger partial charge in [-0.1, -0.05) is 12.2 Å². The van der Waals surface area contributed by atoms with Crippen LogP contribution in [-0.4, -0.2) is 14.8 Å². The molecule has 3 nitrogen and oxygen atoms in total. The zero-order valence-electron chi connectivity index (χ0n) is 9.87. The van der Waals surface area contributed by atoms with Gasteiger partial charge in [0.1, 0.15) is 10.7 Å². The van der Waals surface area contributed by atoms with Gasteiger partial charge in [-0.25, -0.2) is 9.07 Å². The van der Waals surface area contributed by atoms with E-state index in [2.05, 4.69) is 21.0 Å². The van der Waals surface area contributed by atoms with Crippen LogP contribution in [0.5, 0.6) is 0 Å². The number of nitrogens with zero attached hydrogens (tertiary/aromatic N) is 2. The van der Waals surface area contributed by atoms with E-state index in [4.69, 9.17) is 18.0 Å². The van der Waals surface area contributed by atoms with Gasteiger partial charge in [-0.15, -0.1) is 0 Å². The number of nitrogens with two attached hydrogens (primary N) is 1. The predicted octanol–water partition coefficient (Wildman–Crippen LogP) is 3.02. The molecule has 0 atom stereocenters. The van der Waals surface area contributed by atoms with E-state index < -0.39 is 5.82 Å². The van der Waals surface area contributed by atoms with Crippen LogP contribution in [0, 0.1) is 19.7 Å². The first-order chi connectivity index (χ1) is 8.41. The number of aromatic nitrogens is 2. The maximum atomic E-state index is 14.3. The normalized spacial score (nSPS) is 10.7. The molecule has 0 saturated carbocycles. The molecule has 0 saturated heterocycles. The molecule has 0 aliphatic carbocycles. The van der Waals surface area contributed by atoms with E-state index in [-0.39, 0.29) is 9.46 Å². The molecule has 1 aromatic heterocycles. The fourth-order valence-corrected chi connectivity index (χ4v) is 2.62. The van der Waals surface area contributed by atoms with E-state index in [0.717, 1.165) is 11.4 Å². The molecule has 0 unspecified atom stereocenters. The van der Waals surface area contributed by atoms with Crippen LogP contribution >= 0.6 is 28.1 Å². The van der Waals surface area contributed by atoms with Crippen molar-refractivity contribution in [2.24, 2.45) is 5.73 Å². The topological polar surface area (TPSA) is 43.8 Å². The van der Waals surface area contributed by atoms with Crippen molar-refractivity contribution in [3.05, 3.63) is 45.4 Å². The van der Waals surface area contributed by atoms with Gasteiger partial charge >= 0.3 is 0 Å². The second kappa shape index (κ2) is 4.78. The van der Waals surface area contributed by atoms with Crippen LogP contribution in [0.25, 0.3) is 5.69 Å². The van der Waals surface area contributed by atoms with Crippen molar-refractivity contribution >= 4 is 33.1 Å². The fourth-order valence-electron chi connectivity index (χ4n) is 1.77. The standard InChI is InChI=1S/C12H11BrFN3S/c1-6-5-7(2)17(16-6)9-4-3-8(12(15)18)10(13)11(9)14/h3-5H,1-2H3,(H2,15,18). The highest BCUT2D eigenvalue weighted by Crippen LogP contribution is 2.26. The second-order valence-electron chi connectivity index (χ2n) is 3.96. The Morgan fingerprint density at radius 1 is 1.44 bits per heavy atom. The van der Waals surface area contributed by atoms with E-state index in [1.165, 1.54) is 0 Å². The van der Waals surface area contributed by atoms with Gasteiger partial charge in [0.15, 0.2) is 5.82 Å². The maximum absolute atomic E-state index is 14.3. The third kappa shape index (κ3) is 2.18. The predicted molar refractivity (Wildman–Crippen MR) is 76.6 cm³/mol. The second-order valence-corrected chi connectivity index (χ2v) is 5.20. The molecule has 0 aliphatic rings. The summed E-state index contributed by atoms with van der Waals surface area (Å²) in [5.41, 5.74) is 8.06. The largest absolute Gasteiger partial charge is 0.389 e. The highest BCUT2D eigenvalue weighted by molar-refractivity contribution is 9.10. The number of halogens is 2. The number of rotatable bonds is 2. The smallest absolute Gasteiger partial charge is 0.163 e. The Kier molecular flexibility index (Phi) is 3.49. The van der Waals surface area contributed by atoms with E-state index in [9.17, 15) is 4.39 Å². The Hall–Kier alpha value is -1.27. The van der Waals surface area contributed by atoms with Crippen LogP contribution in [-0.2, 0) is 0 Å². The molecule has 0 bridgehead atoms. The van der Waals surface area contributed by atoms with Gasteiger partial charge in [-0.2, -0.15) is 5.10 Å². The quantitative estimate of drug-likeness (QED) is 0.862. The lowest BCUT2D eigenvalue weighted by Crippen LogP contribution is -2.12. The van der Waals surface area contributed by atoms with Gasteiger partial charge in [0.25, 0.3) is 0 Å². The number of hydrogen-bond acceptors (Lipinski definition) is 2. The van der Waals surface area contributed by atoms with Crippen molar-refractivity contribution in [2.45, 2.75) is 13.8 Å². The van der Waals surface area contributed by atoms with Crippen LogP contribution in [0.15, 0.2) is 22.7 Å². The molecule has 0 aliphatic heterocycles. The van der Waals surface area contributed by atoms with Gasteiger partial charge in [0.2, 0.25) is 0 Å². The van der Waals surface area contributed by atoms with Crippen LogP contribution in [0.1, 0.15) is 17.0 Å². The minimum Gasteiger partial charge on any atom is -0.389 e. The lowest BCUT2D eigenvalue weighted by atomic mass is 10.2. The van der Waals surface area contributed by atoms with Crippen LogP contribution in [0.3, 0.4) is 0 Å². The molecule has 18 heavy (non-hydrogen) atoms. The Bertz CT molecular complexity index is 636.